The van der Waals surface area contributed by atoms with E-state index in [2.05, 4.69) is 6.92 Å². The fourth-order valence-corrected chi connectivity index (χ4v) is 3.71. The highest BCUT2D eigenvalue weighted by Gasteiger charge is 2.10. The highest BCUT2D eigenvalue weighted by atomic mass is 35.5. The Kier molecular flexibility index (Phi) is 26.3. The largest absolute Gasteiger partial charge is 0.368 e. The van der Waals surface area contributed by atoms with E-state index in [0.717, 1.165) is 19.4 Å². The summed E-state index contributed by atoms with van der Waals surface area (Å²) in [6.45, 7) is 3.70. The zero-order valence-corrected chi connectivity index (χ0v) is 19.8. The van der Waals surface area contributed by atoms with Crippen molar-refractivity contribution >= 4 is 12.4 Å². The lowest BCUT2D eigenvalue weighted by atomic mass is 10.0. The molecule has 0 amide bonds. The van der Waals surface area contributed by atoms with E-state index >= 15 is 0 Å². The Balaban J connectivity index is 0. The van der Waals surface area contributed by atoms with Crippen molar-refractivity contribution in [1.82, 2.24) is 4.90 Å². The summed E-state index contributed by atoms with van der Waals surface area (Å²) >= 11 is 0. The molecule has 0 rings (SSSR count). The zero-order chi connectivity index (χ0) is 20.9. The van der Waals surface area contributed by atoms with Crippen molar-refractivity contribution in [3.05, 3.63) is 0 Å². The molecule has 5 nitrogen and oxygen atoms in total. The van der Waals surface area contributed by atoms with Gasteiger partial charge in [0, 0.05) is 19.5 Å². The number of hydrogen-bond donors (Lipinski definition) is 4. The minimum atomic E-state index is -1.36. The Morgan fingerprint density at radius 3 is 1.24 bits per heavy atom. The fraction of sp³-hybridized carbons (Fsp3) is 1.00. The van der Waals surface area contributed by atoms with Crippen LogP contribution in [0.3, 0.4) is 0 Å². The van der Waals surface area contributed by atoms with Gasteiger partial charge in [-0.2, -0.15) is 0 Å². The van der Waals surface area contributed by atoms with Gasteiger partial charge in [0.25, 0.3) is 0 Å². The van der Waals surface area contributed by atoms with E-state index in [-0.39, 0.29) is 25.4 Å². The predicted octanol–water partition coefficient (Wildman–Crippen LogP) is 4.98. The second kappa shape index (κ2) is 24.4. The average molecular weight is 440 g/mol. The molecule has 0 saturated carbocycles. The number of aliphatic hydroxyl groups is 4. The van der Waals surface area contributed by atoms with E-state index in [0.29, 0.717) is 6.54 Å². The van der Waals surface area contributed by atoms with Gasteiger partial charge >= 0.3 is 0 Å². The van der Waals surface area contributed by atoms with Crippen LogP contribution in [0.5, 0.6) is 0 Å². The van der Waals surface area contributed by atoms with Crippen LogP contribution in [0.2, 0.25) is 0 Å². The first-order valence-electron chi connectivity index (χ1n) is 12.0. The average Bonchev–Trinajstić information content (AvgIpc) is 2.65. The van der Waals surface area contributed by atoms with Crippen molar-refractivity contribution in [1.29, 1.82) is 0 Å². The summed E-state index contributed by atoms with van der Waals surface area (Å²) in [5.41, 5.74) is 0. The number of aliphatic hydroxyl groups excluding tert-OH is 2. The summed E-state index contributed by atoms with van der Waals surface area (Å²) in [7, 11) is 0. The van der Waals surface area contributed by atoms with Gasteiger partial charge in [-0.3, -0.25) is 4.90 Å². The van der Waals surface area contributed by atoms with Crippen molar-refractivity contribution in [2.24, 2.45) is 0 Å². The van der Waals surface area contributed by atoms with Gasteiger partial charge in [0.2, 0.25) is 0 Å². The van der Waals surface area contributed by atoms with Gasteiger partial charge in [-0.05, 0) is 13.0 Å². The molecule has 178 valence electrons. The molecule has 6 heteroatoms. The molecule has 0 bridgehead atoms. The van der Waals surface area contributed by atoms with Gasteiger partial charge in [-0.25, -0.2) is 0 Å². The number of hydrogen-bond acceptors (Lipinski definition) is 5. The third-order valence-electron chi connectivity index (χ3n) is 5.45. The SMILES string of the molecule is CCCCCCCCCCCCCCCCCCN(CCC(O)O)CC(O)O.Cl. The van der Waals surface area contributed by atoms with Crippen LogP contribution >= 0.6 is 12.4 Å². The van der Waals surface area contributed by atoms with Crippen molar-refractivity contribution in [3.63, 3.8) is 0 Å². The summed E-state index contributed by atoms with van der Waals surface area (Å²) in [5.74, 6) is 0. The maximum Gasteiger partial charge on any atom is 0.164 e. The molecular formula is C23H50ClNO4. The first kappa shape index (κ1) is 31.3. The van der Waals surface area contributed by atoms with Crippen LogP contribution in [-0.2, 0) is 0 Å². The quantitative estimate of drug-likeness (QED) is 0.141. The minimum absolute atomic E-state index is 0. The highest BCUT2D eigenvalue weighted by molar-refractivity contribution is 5.85. The first-order valence-corrected chi connectivity index (χ1v) is 12.0. The summed E-state index contributed by atoms with van der Waals surface area (Å²) in [5, 5.41) is 36.1. The van der Waals surface area contributed by atoms with Crippen LogP contribution in [0.1, 0.15) is 116 Å². The van der Waals surface area contributed by atoms with Gasteiger partial charge in [-0.1, -0.05) is 103 Å². The zero-order valence-electron chi connectivity index (χ0n) is 18.9. The molecule has 0 saturated heterocycles. The Hall–Kier alpha value is 0.0900. The smallest absolute Gasteiger partial charge is 0.164 e. The molecule has 0 aromatic rings. The summed E-state index contributed by atoms with van der Waals surface area (Å²) < 4.78 is 0. The topological polar surface area (TPSA) is 84.2 Å². The van der Waals surface area contributed by atoms with E-state index < -0.39 is 12.6 Å². The number of halogens is 1. The summed E-state index contributed by atoms with van der Waals surface area (Å²) in [6.07, 6.45) is 18.9. The molecule has 0 aliphatic rings. The molecule has 0 radical (unpaired) electrons. The van der Waals surface area contributed by atoms with Gasteiger partial charge in [0.1, 0.15) is 0 Å². The summed E-state index contributed by atoms with van der Waals surface area (Å²) in [4.78, 5) is 1.90. The van der Waals surface area contributed by atoms with Crippen LogP contribution in [0.15, 0.2) is 0 Å². The number of unbranched alkanes of at least 4 members (excludes halogenated alkanes) is 15. The van der Waals surface area contributed by atoms with Crippen LogP contribution in [0, 0.1) is 0 Å². The first-order chi connectivity index (χ1) is 13.6. The van der Waals surface area contributed by atoms with Gasteiger partial charge < -0.3 is 20.4 Å². The molecule has 29 heavy (non-hydrogen) atoms. The molecule has 0 spiro atoms. The van der Waals surface area contributed by atoms with Gasteiger partial charge in [-0.15, -0.1) is 12.4 Å². The Bertz CT molecular complexity index is 307. The molecule has 0 heterocycles. The molecule has 0 atom stereocenters. The molecule has 0 aliphatic heterocycles. The van der Waals surface area contributed by atoms with E-state index in [9.17, 15) is 0 Å². The Labute approximate surface area is 186 Å². The normalized spacial score (nSPS) is 11.6. The molecule has 0 unspecified atom stereocenters. The van der Waals surface area contributed by atoms with E-state index in [1.807, 2.05) is 4.90 Å². The summed E-state index contributed by atoms with van der Waals surface area (Å²) in [6, 6.07) is 0. The Morgan fingerprint density at radius 2 is 0.897 bits per heavy atom. The highest BCUT2D eigenvalue weighted by Crippen LogP contribution is 2.14. The van der Waals surface area contributed by atoms with Crippen LogP contribution < -0.4 is 0 Å². The van der Waals surface area contributed by atoms with Crippen LogP contribution in [0.4, 0.5) is 0 Å². The second-order valence-corrected chi connectivity index (χ2v) is 8.35. The maximum absolute atomic E-state index is 9.11. The van der Waals surface area contributed by atoms with E-state index in [1.54, 1.807) is 0 Å². The molecule has 0 aromatic carbocycles. The maximum atomic E-state index is 9.11. The lowest BCUT2D eigenvalue weighted by Crippen LogP contribution is -2.35. The monoisotopic (exact) mass is 439 g/mol. The van der Waals surface area contributed by atoms with Crippen molar-refractivity contribution in [2.45, 2.75) is 129 Å². The van der Waals surface area contributed by atoms with Crippen molar-refractivity contribution < 1.29 is 20.4 Å². The molecule has 4 N–H and O–H groups in total. The van der Waals surface area contributed by atoms with Crippen LogP contribution in [-0.4, -0.2) is 57.5 Å². The van der Waals surface area contributed by atoms with Gasteiger partial charge in [0.15, 0.2) is 12.6 Å². The van der Waals surface area contributed by atoms with E-state index in [4.69, 9.17) is 20.4 Å². The second-order valence-electron chi connectivity index (χ2n) is 8.35. The minimum Gasteiger partial charge on any atom is -0.368 e. The molecular weight excluding hydrogens is 390 g/mol. The molecule has 0 fully saturated rings. The molecule has 0 aliphatic carbocycles. The van der Waals surface area contributed by atoms with E-state index in [1.165, 1.54) is 89.9 Å². The number of nitrogens with zero attached hydrogens (tertiary/aromatic N) is 1. The Morgan fingerprint density at radius 1 is 0.517 bits per heavy atom. The van der Waals surface area contributed by atoms with Crippen LogP contribution in [0.25, 0.3) is 0 Å². The van der Waals surface area contributed by atoms with Gasteiger partial charge in [0.05, 0.1) is 0 Å². The third-order valence-corrected chi connectivity index (χ3v) is 5.45. The van der Waals surface area contributed by atoms with Crippen molar-refractivity contribution in [3.8, 4) is 0 Å². The lowest BCUT2D eigenvalue weighted by Gasteiger charge is -2.23. The number of rotatable bonds is 22. The van der Waals surface area contributed by atoms with Crippen molar-refractivity contribution in [2.75, 3.05) is 19.6 Å². The fourth-order valence-electron chi connectivity index (χ4n) is 3.71. The standard InChI is InChI=1S/C23H49NO4.ClH/c1-2-3-4-5-6-7-8-9-10-11-12-13-14-15-16-17-19-24(21-23(27)28)20-18-22(25)26;/h22-23,25-28H,2-21H2,1H3;1H. The molecule has 0 aromatic heterocycles. The lowest BCUT2D eigenvalue weighted by molar-refractivity contribution is -0.0754. The third kappa shape index (κ3) is 26.1. The predicted molar refractivity (Wildman–Crippen MR) is 124 cm³/mol.